The van der Waals surface area contributed by atoms with Crippen LogP contribution in [0, 0.1) is 11.3 Å². The molecule has 0 spiro atoms. The Bertz CT molecular complexity index is 204. The van der Waals surface area contributed by atoms with E-state index in [-0.39, 0.29) is 0 Å². The highest BCUT2D eigenvalue weighted by Crippen LogP contribution is 2.36. The molecule has 0 aromatic rings. The molecule has 1 saturated carbocycles. The fourth-order valence-electron chi connectivity index (χ4n) is 3.20. The lowest BCUT2D eigenvalue weighted by molar-refractivity contribution is 0.241. The highest BCUT2D eigenvalue weighted by atomic mass is 14.3. The van der Waals surface area contributed by atoms with Gasteiger partial charge in [0, 0.05) is 0 Å². The fourth-order valence-corrected chi connectivity index (χ4v) is 3.20. The van der Waals surface area contributed by atoms with Gasteiger partial charge >= 0.3 is 0 Å². The average Bonchev–Trinajstić information content (AvgIpc) is 3.22. The Hall–Kier alpha value is 0. The third-order valence-corrected chi connectivity index (χ3v) is 5.33. The van der Waals surface area contributed by atoms with Gasteiger partial charge in [0.2, 0.25) is 0 Å². The van der Waals surface area contributed by atoms with E-state index in [2.05, 4.69) is 20.8 Å². The maximum atomic E-state index is 2.54. The molecule has 114 valence electrons. The second-order valence-corrected chi connectivity index (χ2v) is 7.37. The first-order chi connectivity index (χ1) is 9.20. The van der Waals surface area contributed by atoms with Crippen LogP contribution in [0.1, 0.15) is 111 Å². The molecule has 0 saturated heterocycles. The Balaban J connectivity index is 1.99. The van der Waals surface area contributed by atoms with Gasteiger partial charge in [-0.1, -0.05) is 97.8 Å². The van der Waals surface area contributed by atoms with E-state index in [4.69, 9.17) is 0 Å². The van der Waals surface area contributed by atoms with Gasteiger partial charge in [-0.3, -0.25) is 0 Å². The minimum atomic E-state index is 0.645. The Morgan fingerprint density at radius 2 is 1.37 bits per heavy atom. The number of hydrogen-bond acceptors (Lipinski definition) is 0. The fraction of sp³-hybridized carbons (Fsp3) is 1.00. The maximum Gasteiger partial charge on any atom is -0.0328 e. The van der Waals surface area contributed by atoms with Gasteiger partial charge in [0.05, 0.1) is 0 Å². The molecular formula is C19H38. The molecule has 0 amide bonds. The van der Waals surface area contributed by atoms with Gasteiger partial charge in [-0.05, 0) is 24.2 Å². The van der Waals surface area contributed by atoms with Crippen LogP contribution in [-0.4, -0.2) is 0 Å². The summed E-state index contributed by atoms with van der Waals surface area (Å²) in [5, 5.41) is 0. The van der Waals surface area contributed by atoms with E-state index in [0.717, 1.165) is 5.92 Å². The van der Waals surface area contributed by atoms with Crippen LogP contribution in [0.15, 0.2) is 0 Å². The Morgan fingerprint density at radius 1 is 0.789 bits per heavy atom. The maximum absolute atomic E-state index is 2.54. The molecule has 0 nitrogen and oxygen atoms in total. The summed E-state index contributed by atoms with van der Waals surface area (Å²) in [6.45, 7) is 7.24. The van der Waals surface area contributed by atoms with Crippen LogP contribution < -0.4 is 0 Å². The highest BCUT2D eigenvalue weighted by molar-refractivity contribution is 4.75. The van der Waals surface area contributed by atoms with Crippen molar-refractivity contribution in [2.24, 2.45) is 11.3 Å². The van der Waals surface area contributed by atoms with Crippen LogP contribution >= 0.6 is 0 Å². The summed E-state index contributed by atoms with van der Waals surface area (Å²) in [5.41, 5.74) is 0.645. The molecule has 1 aliphatic rings. The van der Waals surface area contributed by atoms with Crippen LogP contribution in [-0.2, 0) is 0 Å². The molecule has 0 aliphatic heterocycles. The van der Waals surface area contributed by atoms with Crippen molar-refractivity contribution in [1.82, 2.24) is 0 Å². The Morgan fingerprint density at radius 3 is 1.89 bits per heavy atom. The lowest BCUT2D eigenvalue weighted by atomic mass is 9.77. The normalized spacial score (nSPS) is 18.5. The van der Waals surface area contributed by atoms with Crippen molar-refractivity contribution >= 4 is 0 Å². The largest absolute Gasteiger partial charge is 0.0654 e. The van der Waals surface area contributed by atoms with Crippen LogP contribution in [0.2, 0.25) is 0 Å². The number of unbranched alkanes of at least 4 members (excludes halogenated alkanes) is 6. The van der Waals surface area contributed by atoms with Crippen molar-refractivity contribution in [3.05, 3.63) is 0 Å². The first-order valence-corrected chi connectivity index (χ1v) is 9.20. The van der Waals surface area contributed by atoms with Crippen molar-refractivity contribution < 1.29 is 0 Å². The molecule has 19 heavy (non-hydrogen) atoms. The van der Waals surface area contributed by atoms with Gasteiger partial charge in [-0.2, -0.15) is 0 Å². The molecule has 0 aromatic heterocycles. The molecule has 1 unspecified atom stereocenters. The summed E-state index contributed by atoms with van der Waals surface area (Å²) >= 11 is 0. The number of rotatable bonds is 13. The van der Waals surface area contributed by atoms with Gasteiger partial charge in [-0.15, -0.1) is 0 Å². The van der Waals surface area contributed by atoms with Crippen molar-refractivity contribution in [2.45, 2.75) is 111 Å². The zero-order chi connectivity index (χ0) is 14.0. The predicted octanol–water partition coefficient (Wildman–Crippen LogP) is 7.12. The molecule has 1 aliphatic carbocycles. The topological polar surface area (TPSA) is 0 Å². The molecule has 0 heteroatoms. The number of hydrogen-bond donors (Lipinski definition) is 0. The summed E-state index contributed by atoms with van der Waals surface area (Å²) in [5.74, 6) is 1.14. The molecule has 0 bridgehead atoms. The first-order valence-electron chi connectivity index (χ1n) is 9.20. The molecule has 0 heterocycles. The molecule has 1 fully saturated rings. The SMILES string of the molecule is CCCCCCCC(C)(CC)CCCCCC1CC1. The van der Waals surface area contributed by atoms with Gasteiger partial charge < -0.3 is 0 Å². The Labute approximate surface area is 122 Å². The molecule has 0 N–H and O–H groups in total. The molecule has 1 rings (SSSR count). The Kier molecular flexibility index (Phi) is 8.83. The van der Waals surface area contributed by atoms with Crippen molar-refractivity contribution in [3.8, 4) is 0 Å². The van der Waals surface area contributed by atoms with E-state index in [1.54, 1.807) is 0 Å². The van der Waals surface area contributed by atoms with Crippen LogP contribution in [0.25, 0.3) is 0 Å². The van der Waals surface area contributed by atoms with Gasteiger partial charge in [0.1, 0.15) is 0 Å². The zero-order valence-electron chi connectivity index (χ0n) is 14.0. The van der Waals surface area contributed by atoms with Crippen molar-refractivity contribution in [1.29, 1.82) is 0 Å². The minimum Gasteiger partial charge on any atom is -0.0654 e. The molecular weight excluding hydrogens is 228 g/mol. The van der Waals surface area contributed by atoms with Crippen LogP contribution in [0.5, 0.6) is 0 Å². The highest BCUT2D eigenvalue weighted by Gasteiger charge is 2.22. The summed E-state index contributed by atoms with van der Waals surface area (Å²) in [7, 11) is 0. The first kappa shape index (κ1) is 17.1. The monoisotopic (exact) mass is 266 g/mol. The van der Waals surface area contributed by atoms with E-state index in [1.807, 2.05) is 0 Å². The van der Waals surface area contributed by atoms with E-state index < -0.39 is 0 Å². The van der Waals surface area contributed by atoms with Crippen molar-refractivity contribution in [2.75, 3.05) is 0 Å². The third-order valence-electron chi connectivity index (χ3n) is 5.33. The average molecular weight is 267 g/mol. The second kappa shape index (κ2) is 9.83. The summed E-state index contributed by atoms with van der Waals surface area (Å²) in [6, 6.07) is 0. The molecule has 0 radical (unpaired) electrons. The van der Waals surface area contributed by atoms with Crippen LogP contribution in [0.4, 0.5) is 0 Å². The summed E-state index contributed by atoms with van der Waals surface area (Å²) in [6.07, 6.45) is 20.6. The summed E-state index contributed by atoms with van der Waals surface area (Å²) in [4.78, 5) is 0. The quantitative estimate of drug-likeness (QED) is 0.311. The van der Waals surface area contributed by atoms with E-state index in [0.29, 0.717) is 5.41 Å². The van der Waals surface area contributed by atoms with Crippen LogP contribution in [0.3, 0.4) is 0 Å². The van der Waals surface area contributed by atoms with Gasteiger partial charge in [-0.25, -0.2) is 0 Å². The van der Waals surface area contributed by atoms with Gasteiger partial charge in [0.15, 0.2) is 0 Å². The summed E-state index contributed by atoms with van der Waals surface area (Å²) < 4.78 is 0. The third kappa shape index (κ3) is 8.71. The van der Waals surface area contributed by atoms with E-state index >= 15 is 0 Å². The van der Waals surface area contributed by atoms with E-state index in [1.165, 1.54) is 89.9 Å². The second-order valence-electron chi connectivity index (χ2n) is 7.37. The zero-order valence-corrected chi connectivity index (χ0v) is 14.0. The molecule has 0 aromatic carbocycles. The van der Waals surface area contributed by atoms with E-state index in [9.17, 15) is 0 Å². The lowest BCUT2D eigenvalue weighted by Crippen LogP contribution is -2.15. The minimum absolute atomic E-state index is 0.645. The van der Waals surface area contributed by atoms with Crippen molar-refractivity contribution in [3.63, 3.8) is 0 Å². The predicted molar refractivity (Wildman–Crippen MR) is 87.6 cm³/mol. The van der Waals surface area contributed by atoms with Gasteiger partial charge in [0.25, 0.3) is 0 Å². The molecule has 1 atom stereocenters. The lowest BCUT2D eigenvalue weighted by Gasteiger charge is -2.28. The smallest absolute Gasteiger partial charge is 0.0328 e. The standard InChI is InChI=1S/C19H38/c1-4-6-7-8-11-16-19(3,5-2)17-12-9-10-13-18-14-15-18/h18H,4-17H2,1-3H3.